The molecular formula is C14H10ClN3O. The molecule has 4 nitrogen and oxygen atoms in total. The first-order chi connectivity index (χ1) is 9.24. The zero-order valence-corrected chi connectivity index (χ0v) is 10.7. The Labute approximate surface area is 114 Å². The number of pyridine rings is 1. The molecule has 2 heterocycles. The highest BCUT2D eigenvalue weighted by Gasteiger charge is 2.05. The zero-order valence-electron chi connectivity index (χ0n) is 9.95. The second-order valence-corrected chi connectivity index (χ2v) is 4.62. The van der Waals surface area contributed by atoms with Gasteiger partial charge in [0.1, 0.15) is 6.33 Å². The van der Waals surface area contributed by atoms with Crippen LogP contribution in [0.2, 0.25) is 5.02 Å². The third-order valence-electron chi connectivity index (χ3n) is 2.84. The van der Waals surface area contributed by atoms with Crippen LogP contribution in [0.15, 0.2) is 53.7 Å². The Balaban J connectivity index is 2.06. The number of hydrogen-bond donors (Lipinski definition) is 0. The summed E-state index contributed by atoms with van der Waals surface area (Å²) in [6, 6.07) is 10.9. The maximum atomic E-state index is 12.3. The van der Waals surface area contributed by atoms with Crippen molar-refractivity contribution in [2.45, 2.75) is 6.54 Å². The van der Waals surface area contributed by atoms with Crippen LogP contribution in [0.5, 0.6) is 0 Å². The van der Waals surface area contributed by atoms with E-state index in [2.05, 4.69) is 9.97 Å². The molecule has 5 heteroatoms. The van der Waals surface area contributed by atoms with E-state index in [0.29, 0.717) is 22.6 Å². The van der Waals surface area contributed by atoms with Gasteiger partial charge in [-0.1, -0.05) is 23.7 Å². The summed E-state index contributed by atoms with van der Waals surface area (Å²) < 4.78 is 1.55. The van der Waals surface area contributed by atoms with E-state index in [1.165, 1.54) is 6.33 Å². The summed E-state index contributed by atoms with van der Waals surface area (Å²) in [6.07, 6.45) is 3.13. The molecule has 0 saturated heterocycles. The smallest absolute Gasteiger partial charge is 0.263 e. The molecular weight excluding hydrogens is 262 g/mol. The average Bonchev–Trinajstić information content (AvgIpc) is 2.42. The first kappa shape index (κ1) is 11.9. The van der Waals surface area contributed by atoms with Crippen molar-refractivity contribution in [2.24, 2.45) is 0 Å². The largest absolute Gasteiger partial charge is 0.294 e. The Morgan fingerprint density at radius 3 is 2.89 bits per heavy atom. The Kier molecular flexibility index (Phi) is 3.01. The molecule has 0 spiro atoms. The molecule has 0 aliphatic carbocycles. The molecule has 0 aliphatic rings. The maximum absolute atomic E-state index is 12.3. The number of rotatable bonds is 2. The van der Waals surface area contributed by atoms with Crippen LogP contribution in [0, 0.1) is 0 Å². The molecule has 19 heavy (non-hydrogen) atoms. The predicted octanol–water partition coefficient (Wildman–Crippen LogP) is 2.49. The number of benzene rings is 1. The van der Waals surface area contributed by atoms with Crippen molar-refractivity contribution in [3.63, 3.8) is 0 Å². The Morgan fingerprint density at radius 1 is 1.16 bits per heavy atom. The monoisotopic (exact) mass is 271 g/mol. The first-order valence-corrected chi connectivity index (χ1v) is 6.16. The summed E-state index contributed by atoms with van der Waals surface area (Å²) >= 11 is 5.93. The van der Waals surface area contributed by atoms with Gasteiger partial charge in [0.15, 0.2) is 5.65 Å². The van der Waals surface area contributed by atoms with Crippen molar-refractivity contribution in [2.75, 3.05) is 0 Å². The molecule has 0 atom stereocenters. The second-order valence-electron chi connectivity index (χ2n) is 4.18. The van der Waals surface area contributed by atoms with Crippen LogP contribution in [-0.2, 0) is 6.54 Å². The van der Waals surface area contributed by atoms with Crippen LogP contribution < -0.4 is 5.56 Å². The molecule has 0 unspecified atom stereocenters. The molecule has 0 aliphatic heterocycles. The average molecular weight is 272 g/mol. The Bertz CT molecular complexity index is 798. The van der Waals surface area contributed by atoms with Gasteiger partial charge < -0.3 is 0 Å². The molecule has 94 valence electrons. The van der Waals surface area contributed by atoms with Gasteiger partial charge in [-0.2, -0.15) is 0 Å². The van der Waals surface area contributed by atoms with Gasteiger partial charge in [-0.15, -0.1) is 0 Å². The molecule has 3 rings (SSSR count). The van der Waals surface area contributed by atoms with Gasteiger partial charge in [0.2, 0.25) is 0 Å². The minimum atomic E-state index is -0.0990. The van der Waals surface area contributed by atoms with Crippen molar-refractivity contribution in [1.29, 1.82) is 0 Å². The lowest BCUT2D eigenvalue weighted by molar-refractivity contribution is 0.747. The summed E-state index contributed by atoms with van der Waals surface area (Å²) in [6.45, 7) is 0.442. The molecule has 3 aromatic rings. The lowest BCUT2D eigenvalue weighted by Gasteiger charge is -2.06. The van der Waals surface area contributed by atoms with Crippen LogP contribution in [0.25, 0.3) is 11.0 Å². The molecule has 0 fully saturated rings. The van der Waals surface area contributed by atoms with Crippen LogP contribution in [0.3, 0.4) is 0 Å². The summed E-state index contributed by atoms with van der Waals surface area (Å²) in [5.74, 6) is 0. The van der Waals surface area contributed by atoms with Gasteiger partial charge in [-0.25, -0.2) is 9.97 Å². The summed E-state index contributed by atoms with van der Waals surface area (Å²) in [5.41, 5.74) is 1.33. The van der Waals surface area contributed by atoms with E-state index in [1.54, 1.807) is 29.0 Å². The van der Waals surface area contributed by atoms with E-state index in [1.807, 2.05) is 18.2 Å². The number of fused-ring (bicyclic) bond motifs is 1. The minimum absolute atomic E-state index is 0.0990. The van der Waals surface area contributed by atoms with Gasteiger partial charge >= 0.3 is 0 Å². The first-order valence-electron chi connectivity index (χ1n) is 5.79. The van der Waals surface area contributed by atoms with Gasteiger partial charge in [-0.3, -0.25) is 9.36 Å². The van der Waals surface area contributed by atoms with E-state index < -0.39 is 0 Å². The van der Waals surface area contributed by atoms with Crippen molar-refractivity contribution in [1.82, 2.24) is 14.5 Å². The molecule has 0 bridgehead atoms. The molecule has 0 radical (unpaired) electrons. The van der Waals surface area contributed by atoms with E-state index in [0.717, 1.165) is 5.56 Å². The second kappa shape index (κ2) is 4.82. The van der Waals surface area contributed by atoms with Crippen LogP contribution in [0.4, 0.5) is 0 Å². The van der Waals surface area contributed by atoms with Crippen molar-refractivity contribution in [3.05, 3.63) is 69.9 Å². The Morgan fingerprint density at radius 2 is 2.05 bits per heavy atom. The molecule has 0 saturated carbocycles. The summed E-state index contributed by atoms with van der Waals surface area (Å²) in [5, 5.41) is 1.17. The van der Waals surface area contributed by atoms with Crippen molar-refractivity contribution in [3.8, 4) is 0 Å². The summed E-state index contributed by atoms with van der Waals surface area (Å²) in [4.78, 5) is 20.5. The van der Waals surface area contributed by atoms with Crippen molar-refractivity contribution >= 4 is 22.6 Å². The number of halogens is 1. The number of hydrogen-bond acceptors (Lipinski definition) is 3. The van der Waals surface area contributed by atoms with Gasteiger partial charge in [-0.05, 0) is 29.8 Å². The topological polar surface area (TPSA) is 47.8 Å². The highest BCUT2D eigenvalue weighted by molar-refractivity contribution is 6.30. The molecule has 0 amide bonds. The number of nitrogens with zero attached hydrogens (tertiary/aromatic N) is 3. The normalized spacial score (nSPS) is 10.8. The fraction of sp³-hybridized carbons (Fsp3) is 0.0714. The highest BCUT2D eigenvalue weighted by Crippen LogP contribution is 2.11. The fourth-order valence-electron chi connectivity index (χ4n) is 1.94. The minimum Gasteiger partial charge on any atom is -0.294 e. The lowest BCUT2D eigenvalue weighted by Crippen LogP contribution is -2.21. The van der Waals surface area contributed by atoms with Crippen molar-refractivity contribution < 1.29 is 0 Å². The van der Waals surface area contributed by atoms with Gasteiger partial charge in [0.05, 0.1) is 11.9 Å². The third-order valence-corrected chi connectivity index (χ3v) is 3.07. The van der Waals surface area contributed by atoms with Crippen LogP contribution >= 0.6 is 11.6 Å². The van der Waals surface area contributed by atoms with E-state index in [4.69, 9.17) is 11.6 Å². The predicted molar refractivity (Wildman–Crippen MR) is 74.4 cm³/mol. The summed E-state index contributed by atoms with van der Waals surface area (Å²) in [7, 11) is 0. The Hall–Kier alpha value is -2.20. The van der Waals surface area contributed by atoms with E-state index in [-0.39, 0.29) is 5.56 Å². The molecule has 0 N–H and O–H groups in total. The zero-order chi connectivity index (χ0) is 13.2. The molecule has 2 aromatic heterocycles. The highest BCUT2D eigenvalue weighted by atomic mass is 35.5. The maximum Gasteiger partial charge on any atom is 0.263 e. The third kappa shape index (κ3) is 2.35. The molecule has 1 aromatic carbocycles. The quantitative estimate of drug-likeness (QED) is 0.719. The van der Waals surface area contributed by atoms with Gasteiger partial charge in [0, 0.05) is 11.2 Å². The fourth-order valence-corrected chi connectivity index (χ4v) is 2.16. The van der Waals surface area contributed by atoms with Crippen LogP contribution in [0.1, 0.15) is 5.56 Å². The van der Waals surface area contributed by atoms with E-state index in [9.17, 15) is 4.79 Å². The van der Waals surface area contributed by atoms with Gasteiger partial charge in [0.25, 0.3) is 5.56 Å². The lowest BCUT2D eigenvalue weighted by atomic mass is 10.2. The van der Waals surface area contributed by atoms with E-state index >= 15 is 0 Å². The SMILES string of the molecule is O=c1c2cccnc2ncn1Cc1cccc(Cl)c1. The number of aromatic nitrogens is 3. The standard InChI is InChI=1S/C14H10ClN3O/c15-11-4-1-3-10(7-11)8-18-9-17-13-12(14(18)19)5-2-6-16-13/h1-7,9H,8H2. The van der Waals surface area contributed by atoms with Crippen LogP contribution in [-0.4, -0.2) is 14.5 Å².